The van der Waals surface area contributed by atoms with E-state index in [1.54, 1.807) is 24.3 Å². The average Bonchev–Trinajstić information content (AvgIpc) is 2.47. The van der Waals surface area contributed by atoms with Gasteiger partial charge in [-0.3, -0.25) is 0 Å². The van der Waals surface area contributed by atoms with Crippen LogP contribution >= 0.6 is 0 Å². The molecule has 1 aromatic carbocycles. The summed E-state index contributed by atoms with van der Waals surface area (Å²) in [6.45, 7) is 8.55. The van der Waals surface area contributed by atoms with Crippen molar-refractivity contribution in [1.82, 2.24) is 4.90 Å². The molecule has 4 nitrogen and oxygen atoms in total. The Morgan fingerprint density at radius 2 is 2.10 bits per heavy atom. The summed E-state index contributed by atoms with van der Waals surface area (Å²) < 4.78 is 5.63. The molecule has 1 saturated heterocycles. The Hall–Kier alpha value is -1.55. The Balaban J connectivity index is 1.74. The van der Waals surface area contributed by atoms with Crippen LogP contribution in [0.15, 0.2) is 24.3 Å². The van der Waals surface area contributed by atoms with Crippen LogP contribution in [0.25, 0.3) is 0 Å². The summed E-state index contributed by atoms with van der Waals surface area (Å²) >= 11 is 0. The van der Waals surface area contributed by atoms with Gasteiger partial charge < -0.3 is 14.7 Å². The number of nitrogens with zero attached hydrogens (tertiary/aromatic N) is 1. The second-order valence-electron chi connectivity index (χ2n) is 6.05. The molecular weight excluding hydrogens is 266 g/mol. The zero-order chi connectivity index (χ0) is 15.2. The zero-order valence-corrected chi connectivity index (χ0v) is 12.9. The van der Waals surface area contributed by atoms with Crippen molar-refractivity contribution in [2.45, 2.75) is 26.7 Å². The Bertz CT molecular complexity index is 475. The van der Waals surface area contributed by atoms with Crippen molar-refractivity contribution in [2.24, 2.45) is 11.8 Å². The van der Waals surface area contributed by atoms with Gasteiger partial charge in [-0.05, 0) is 43.4 Å². The van der Waals surface area contributed by atoms with Gasteiger partial charge in [-0.25, -0.2) is 4.79 Å². The number of carboxylic acids is 1. The van der Waals surface area contributed by atoms with E-state index in [2.05, 4.69) is 18.7 Å². The molecule has 1 N–H and O–H groups in total. The van der Waals surface area contributed by atoms with Crippen molar-refractivity contribution >= 4 is 5.97 Å². The molecule has 2 atom stereocenters. The summed E-state index contributed by atoms with van der Waals surface area (Å²) in [7, 11) is 0. The van der Waals surface area contributed by atoms with Gasteiger partial charge in [0.25, 0.3) is 0 Å². The van der Waals surface area contributed by atoms with Crippen LogP contribution in [0.4, 0.5) is 0 Å². The highest BCUT2D eigenvalue weighted by atomic mass is 16.5. The number of hydrogen-bond acceptors (Lipinski definition) is 3. The smallest absolute Gasteiger partial charge is 0.339 e. The summed E-state index contributed by atoms with van der Waals surface area (Å²) in [4.78, 5) is 13.6. The van der Waals surface area contributed by atoms with Gasteiger partial charge in [-0.1, -0.05) is 26.0 Å². The molecule has 1 heterocycles. The highest BCUT2D eigenvalue weighted by molar-refractivity contribution is 5.90. The van der Waals surface area contributed by atoms with E-state index in [-0.39, 0.29) is 5.56 Å². The second-order valence-corrected chi connectivity index (χ2v) is 6.05. The Labute approximate surface area is 126 Å². The maximum absolute atomic E-state index is 11.1. The largest absolute Gasteiger partial charge is 0.493 e. The minimum atomic E-state index is -0.940. The fourth-order valence-electron chi connectivity index (χ4n) is 2.79. The predicted octanol–water partition coefficient (Wildman–Crippen LogP) is 3.13. The van der Waals surface area contributed by atoms with E-state index in [0.717, 1.165) is 37.9 Å². The quantitative estimate of drug-likeness (QED) is 0.818. The summed E-state index contributed by atoms with van der Waals surface area (Å²) in [5, 5.41) is 9.09. The highest BCUT2D eigenvalue weighted by Gasteiger charge is 2.22. The first kappa shape index (κ1) is 15.8. The standard InChI is InChI=1S/C17H25NO3/c1-13-8-10-18(12-14(13)2)9-5-11-21-16-7-4-3-6-15(16)17(19)20/h3-4,6-7,13-14H,5,8-12H2,1-2H3,(H,19,20). The summed E-state index contributed by atoms with van der Waals surface area (Å²) in [6, 6.07) is 6.81. The lowest BCUT2D eigenvalue weighted by Crippen LogP contribution is -2.39. The third-order valence-corrected chi connectivity index (χ3v) is 4.41. The third kappa shape index (κ3) is 4.46. The fourth-order valence-corrected chi connectivity index (χ4v) is 2.79. The van der Waals surface area contributed by atoms with E-state index < -0.39 is 5.97 Å². The van der Waals surface area contributed by atoms with Gasteiger partial charge >= 0.3 is 5.97 Å². The molecule has 0 spiro atoms. The Morgan fingerprint density at radius 3 is 2.81 bits per heavy atom. The topological polar surface area (TPSA) is 49.8 Å². The minimum Gasteiger partial charge on any atom is -0.493 e. The van der Waals surface area contributed by atoms with Gasteiger partial charge in [0.1, 0.15) is 11.3 Å². The Kier molecular flexibility index (Phi) is 5.62. The number of aromatic carboxylic acids is 1. The molecule has 0 radical (unpaired) electrons. The zero-order valence-electron chi connectivity index (χ0n) is 12.9. The molecular formula is C17H25NO3. The number of rotatable bonds is 6. The maximum Gasteiger partial charge on any atom is 0.339 e. The van der Waals surface area contributed by atoms with Crippen LogP contribution in [0.5, 0.6) is 5.75 Å². The fraction of sp³-hybridized carbons (Fsp3) is 0.588. The number of piperidine rings is 1. The molecule has 1 aliphatic rings. The molecule has 0 aromatic heterocycles. The van der Waals surface area contributed by atoms with Crippen molar-refractivity contribution in [3.05, 3.63) is 29.8 Å². The lowest BCUT2D eigenvalue weighted by atomic mass is 9.89. The molecule has 0 saturated carbocycles. The van der Waals surface area contributed by atoms with Gasteiger partial charge in [0, 0.05) is 13.1 Å². The van der Waals surface area contributed by atoms with Crippen LogP contribution in [-0.4, -0.2) is 42.2 Å². The monoisotopic (exact) mass is 291 g/mol. The SMILES string of the molecule is CC1CCN(CCCOc2ccccc2C(=O)O)CC1C. The summed E-state index contributed by atoms with van der Waals surface area (Å²) in [5.74, 6) is 1.10. The van der Waals surface area contributed by atoms with E-state index in [0.29, 0.717) is 12.4 Å². The first-order valence-electron chi connectivity index (χ1n) is 7.75. The lowest BCUT2D eigenvalue weighted by Gasteiger charge is -2.35. The van der Waals surface area contributed by atoms with Crippen LogP contribution in [0.3, 0.4) is 0 Å². The van der Waals surface area contributed by atoms with Gasteiger partial charge in [0.15, 0.2) is 0 Å². The number of carbonyl (C=O) groups is 1. The number of hydrogen-bond donors (Lipinski definition) is 1. The van der Waals surface area contributed by atoms with Crippen LogP contribution < -0.4 is 4.74 Å². The molecule has 0 bridgehead atoms. The normalized spacial score (nSPS) is 23.0. The number of likely N-dealkylation sites (tertiary alicyclic amines) is 1. The molecule has 21 heavy (non-hydrogen) atoms. The molecule has 2 unspecified atom stereocenters. The molecule has 1 fully saturated rings. The maximum atomic E-state index is 11.1. The highest BCUT2D eigenvalue weighted by Crippen LogP contribution is 2.22. The molecule has 0 aliphatic carbocycles. The van der Waals surface area contributed by atoms with Crippen LogP contribution in [0.2, 0.25) is 0 Å². The van der Waals surface area contributed by atoms with Crippen LogP contribution in [0, 0.1) is 11.8 Å². The first-order chi connectivity index (χ1) is 10.1. The molecule has 2 rings (SSSR count). The van der Waals surface area contributed by atoms with E-state index in [1.165, 1.54) is 6.42 Å². The molecule has 1 aliphatic heterocycles. The van der Waals surface area contributed by atoms with Crippen molar-refractivity contribution in [1.29, 1.82) is 0 Å². The molecule has 4 heteroatoms. The molecule has 116 valence electrons. The number of para-hydroxylation sites is 1. The van der Waals surface area contributed by atoms with E-state index in [1.807, 2.05) is 0 Å². The lowest BCUT2D eigenvalue weighted by molar-refractivity contribution is 0.0691. The Morgan fingerprint density at radius 1 is 1.33 bits per heavy atom. The van der Waals surface area contributed by atoms with E-state index in [9.17, 15) is 4.79 Å². The first-order valence-corrected chi connectivity index (χ1v) is 7.75. The summed E-state index contributed by atoms with van der Waals surface area (Å²) in [6.07, 6.45) is 2.19. The van der Waals surface area contributed by atoms with Gasteiger partial charge in [0.2, 0.25) is 0 Å². The van der Waals surface area contributed by atoms with Crippen molar-refractivity contribution in [2.75, 3.05) is 26.2 Å². The number of ether oxygens (including phenoxy) is 1. The average molecular weight is 291 g/mol. The minimum absolute atomic E-state index is 0.234. The van der Waals surface area contributed by atoms with Crippen molar-refractivity contribution in [3.63, 3.8) is 0 Å². The van der Waals surface area contributed by atoms with Crippen molar-refractivity contribution < 1.29 is 14.6 Å². The van der Waals surface area contributed by atoms with E-state index in [4.69, 9.17) is 9.84 Å². The van der Waals surface area contributed by atoms with Crippen LogP contribution in [-0.2, 0) is 0 Å². The van der Waals surface area contributed by atoms with Gasteiger partial charge in [-0.15, -0.1) is 0 Å². The predicted molar refractivity (Wildman–Crippen MR) is 82.9 cm³/mol. The van der Waals surface area contributed by atoms with Gasteiger partial charge in [0.05, 0.1) is 6.61 Å². The number of carboxylic acid groups (broad SMARTS) is 1. The van der Waals surface area contributed by atoms with Gasteiger partial charge in [-0.2, -0.15) is 0 Å². The summed E-state index contributed by atoms with van der Waals surface area (Å²) in [5.41, 5.74) is 0.234. The number of benzene rings is 1. The second kappa shape index (κ2) is 7.46. The van der Waals surface area contributed by atoms with Crippen LogP contribution in [0.1, 0.15) is 37.0 Å². The van der Waals surface area contributed by atoms with E-state index >= 15 is 0 Å². The third-order valence-electron chi connectivity index (χ3n) is 4.41. The molecule has 0 amide bonds. The molecule has 1 aromatic rings. The van der Waals surface area contributed by atoms with Crippen molar-refractivity contribution in [3.8, 4) is 5.75 Å².